The Hall–Kier alpha value is -3.67. The van der Waals surface area contributed by atoms with Crippen LogP contribution in [-0.4, -0.2) is 35.9 Å². The summed E-state index contributed by atoms with van der Waals surface area (Å²) in [7, 11) is 0. The van der Waals surface area contributed by atoms with Gasteiger partial charge in [-0.3, -0.25) is 9.59 Å². The number of nitrogens with one attached hydrogen (secondary N) is 1. The van der Waals surface area contributed by atoms with Crippen LogP contribution in [-0.2, 0) is 22.6 Å². The Balaban J connectivity index is 1.85. The maximum absolute atomic E-state index is 13.5. The lowest BCUT2D eigenvalue weighted by molar-refractivity contribution is -0.142. The molecule has 0 aliphatic rings. The van der Waals surface area contributed by atoms with E-state index in [1.165, 1.54) is 22.6 Å². The van der Waals surface area contributed by atoms with Crippen molar-refractivity contribution in [2.75, 3.05) is 13.2 Å². The Morgan fingerprint density at radius 1 is 0.917 bits per heavy atom. The molecular weight excluding hydrogens is 455 g/mol. The maximum atomic E-state index is 13.5. The first-order valence-corrected chi connectivity index (χ1v) is 12.5. The van der Waals surface area contributed by atoms with Crippen LogP contribution in [0.1, 0.15) is 49.8 Å². The third kappa shape index (κ3) is 7.94. The number of carbonyl (C=O) groups excluding carboxylic acids is 2. The monoisotopic (exact) mass is 490 g/mol. The van der Waals surface area contributed by atoms with Gasteiger partial charge in [0.25, 0.3) is 5.91 Å². The predicted octanol–water partition coefficient (Wildman–Crippen LogP) is 5.49. The highest BCUT2D eigenvalue weighted by molar-refractivity contribution is 5.88. The van der Waals surface area contributed by atoms with Gasteiger partial charge in [0.2, 0.25) is 5.91 Å². The van der Waals surface area contributed by atoms with Crippen molar-refractivity contribution in [2.45, 2.75) is 52.1 Å². The Labute approximate surface area is 213 Å². The number of amides is 2. The molecule has 0 unspecified atom stereocenters. The van der Waals surface area contributed by atoms with Crippen LogP contribution in [0, 0.1) is 5.82 Å². The van der Waals surface area contributed by atoms with Crippen LogP contribution >= 0.6 is 0 Å². The number of nitrogens with zero attached hydrogens (tertiary/aromatic N) is 1. The zero-order chi connectivity index (χ0) is 25.9. The summed E-state index contributed by atoms with van der Waals surface area (Å²) in [5, 5.41) is 2.94. The second-order valence-electron chi connectivity index (χ2n) is 9.16. The van der Waals surface area contributed by atoms with Gasteiger partial charge in [-0.05, 0) is 53.3 Å². The molecule has 5 nitrogen and oxygen atoms in total. The summed E-state index contributed by atoms with van der Waals surface area (Å²) in [6.07, 6.45) is 1.14. The van der Waals surface area contributed by atoms with Crippen molar-refractivity contribution < 1.29 is 18.7 Å². The molecule has 0 fully saturated rings. The van der Waals surface area contributed by atoms with Crippen molar-refractivity contribution in [3.63, 3.8) is 0 Å². The molecule has 0 saturated carbocycles. The van der Waals surface area contributed by atoms with Gasteiger partial charge in [0, 0.05) is 19.5 Å². The van der Waals surface area contributed by atoms with Crippen LogP contribution in [0.15, 0.2) is 78.9 Å². The minimum absolute atomic E-state index is 0.159. The summed E-state index contributed by atoms with van der Waals surface area (Å²) >= 11 is 0. The molecule has 0 spiro atoms. The maximum Gasteiger partial charge on any atom is 0.261 e. The molecule has 0 bridgehead atoms. The summed E-state index contributed by atoms with van der Waals surface area (Å²) in [5.74, 6) is 0.0837. The number of ether oxygens (including phenoxy) is 1. The second kappa shape index (κ2) is 13.4. The molecule has 3 aromatic rings. The lowest BCUT2D eigenvalue weighted by Crippen LogP contribution is -2.51. The van der Waals surface area contributed by atoms with Gasteiger partial charge in [-0.15, -0.1) is 0 Å². The van der Waals surface area contributed by atoms with E-state index in [1.54, 1.807) is 12.1 Å². The van der Waals surface area contributed by atoms with E-state index in [-0.39, 0.29) is 30.8 Å². The van der Waals surface area contributed by atoms with Crippen LogP contribution in [0.5, 0.6) is 5.75 Å². The number of hydrogen-bond acceptors (Lipinski definition) is 3. The largest absolute Gasteiger partial charge is 0.484 e. The van der Waals surface area contributed by atoms with E-state index in [0.717, 1.165) is 17.5 Å². The van der Waals surface area contributed by atoms with Crippen LogP contribution in [0.2, 0.25) is 0 Å². The number of carbonyl (C=O) groups is 2. The summed E-state index contributed by atoms with van der Waals surface area (Å²) in [5.41, 5.74) is 2.85. The van der Waals surface area contributed by atoms with E-state index in [1.807, 2.05) is 61.5 Å². The standard InChI is InChI=1S/C30H35FN2O3/c1-4-18-32-30(35)28(19-23-8-6-5-7-9-23)33(20-24-10-14-26(31)15-11-24)29(34)21-36-27-16-12-25(13-17-27)22(2)3/h5-17,22,28H,4,18-21H2,1-3H3,(H,32,35)/t28-/m0/s1. The van der Waals surface area contributed by atoms with Crippen molar-refractivity contribution in [1.82, 2.24) is 10.2 Å². The molecule has 0 radical (unpaired) electrons. The van der Waals surface area contributed by atoms with Gasteiger partial charge in [-0.1, -0.05) is 75.4 Å². The van der Waals surface area contributed by atoms with E-state index in [9.17, 15) is 14.0 Å². The number of benzene rings is 3. The zero-order valence-corrected chi connectivity index (χ0v) is 21.2. The molecule has 190 valence electrons. The van der Waals surface area contributed by atoms with Gasteiger partial charge < -0.3 is 15.0 Å². The molecule has 36 heavy (non-hydrogen) atoms. The van der Waals surface area contributed by atoms with Gasteiger partial charge in [-0.25, -0.2) is 4.39 Å². The molecule has 3 aromatic carbocycles. The molecule has 3 rings (SSSR count). The topological polar surface area (TPSA) is 58.6 Å². The summed E-state index contributed by atoms with van der Waals surface area (Å²) in [4.78, 5) is 28.3. The van der Waals surface area contributed by atoms with Gasteiger partial charge in [0.05, 0.1) is 0 Å². The number of hydrogen-bond donors (Lipinski definition) is 1. The molecule has 0 heterocycles. The number of halogens is 1. The Morgan fingerprint density at radius 2 is 1.58 bits per heavy atom. The summed E-state index contributed by atoms with van der Waals surface area (Å²) in [6.45, 7) is 6.67. The van der Waals surface area contributed by atoms with Gasteiger partial charge >= 0.3 is 0 Å². The van der Waals surface area contributed by atoms with Crippen LogP contribution in [0.4, 0.5) is 4.39 Å². The normalized spacial score (nSPS) is 11.7. The lowest BCUT2D eigenvalue weighted by Gasteiger charge is -2.31. The van der Waals surface area contributed by atoms with Crippen LogP contribution in [0.25, 0.3) is 0 Å². The van der Waals surface area contributed by atoms with Gasteiger partial charge in [-0.2, -0.15) is 0 Å². The van der Waals surface area contributed by atoms with Crippen molar-refractivity contribution in [1.29, 1.82) is 0 Å². The van der Waals surface area contributed by atoms with Crippen LogP contribution < -0.4 is 10.1 Å². The highest BCUT2D eigenvalue weighted by Crippen LogP contribution is 2.20. The second-order valence-corrected chi connectivity index (χ2v) is 9.16. The average molecular weight is 491 g/mol. The Bertz CT molecular complexity index is 1100. The van der Waals surface area contributed by atoms with E-state index >= 15 is 0 Å². The van der Waals surface area contributed by atoms with Crippen molar-refractivity contribution in [2.24, 2.45) is 0 Å². The molecule has 1 atom stereocenters. The predicted molar refractivity (Wildman–Crippen MR) is 140 cm³/mol. The molecular formula is C30H35FN2O3. The first kappa shape index (κ1) is 26.9. The molecule has 1 N–H and O–H groups in total. The quantitative estimate of drug-likeness (QED) is 0.365. The van der Waals surface area contributed by atoms with Crippen molar-refractivity contribution >= 4 is 11.8 Å². The summed E-state index contributed by atoms with van der Waals surface area (Å²) in [6, 6.07) is 22.5. The third-order valence-corrected chi connectivity index (χ3v) is 6.00. The van der Waals surface area contributed by atoms with E-state index in [0.29, 0.717) is 24.6 Å². The molecule has 0 aliphatic carbocycles. The zero-order valence-electron chi connectivity index (χ0n) is 21.2. The first-order chi connectivity index (χ1) is 17.4. The van der Waals surface area contributed by atoms with Crippen LogP contribution in [0.3, 0.4) is 0 Å². The van der Waals surface area contributed by atoms with Crippen molar-refractivity contribution in [3.05, 3.63) is 101 Å². The molecule has 0 saturated heterocycles. The molecule has 6 heteroatoms. The fourth-order valence-electron chi connectivity index (χ4n) is 3.88. The highest BCUT2D eigenvalue weighted by Gasteiger charge is 2.30. The minimum atomic E-state index is -0.747. The van der Waals surface area contributed by atoms with Gasteiger partial charge in [0.1, 0.15) is 17.6 Å². The minimum Gasteiger partial charge on any atom is -0.484 e. The van der Waals surface area contributed by atoms with E-state index < -0.39 is 6.04 Å². The average Bonchev–Trinajstić information content (AvgIpc) is 2.89. The Morgan fingerprint density at radius 3 is 2.19 bits per heavy atom. The molecule has 0 aromatic heterocycles. The fraction of sp³-hybridized carbons (Fsp3) is 0.333. The Kier molecular flexibility index (Phi) is 10.0. The highest BCUT2D eigenvalue weighted by atomic mass is 19.1. The van der Waals surface area contributed by atoms with E-state index in [4.69, 9.17) is 4.74 Å². The summed E-state index contributed by atoms with van der Waals surface area (Å²) < 4.78 is 19.3. The lowest BCUT2D eigenvalue weighted by atomic mass is 10.0. The fourth-order valence-corrected chi connectivity index (χ4v) is 3.88. The third-order valence-electron chi connectivity index (χ3n) is 6.00. The smallest absolute Gasteiger partial charge is 0.261 e. The van der Waals surface area contributed by atoms with Crippen molar-refractivity contribution in [3.8, 4) is 5.75 Å². The van der Waals surface area contributed by atoms with Gasteiger partial charge in [0.15, 0.2) is 6.61 Å². The molecule has 2 amide bonds. The number of rotatable bonds is 12. The van der Waals surface area contributed by atoms with E-state index in [2.05, 4.69) is 19.2 Å². The molecule has 0 aliphatic heterocycles. The first-order valence-electron chi connectivity index (χ1n) is 12.5. The SMILES string of the molecule is CCCNC(=O)[C@H](Cc1ccccc1)N(Cc1ccc(F)cc1)C(=O)COc1ccc(C(C)C)cc1.